The summed E-state index contributed by atoms with van der Waals surface area (Å²) in [7, 11) is 0. The second-order valence-electron chi connectivity index (χ2n) is 4.68. The first kappa shape index (κ1) is 16.0. The third-order valence-electron chi connectivity index (χ3n) is 3.08. The van der Waals surface area contributed by atoms with E-state index >= 15 is 0 Å². The maximum atomic E-state index is 12.4. The zero-order valence-electron chi connectivity index (χ0n) is 12.3. The number of amides is 2. The Bertz CT molecular complexity index is 703. The molecule has 0 fully saturated rings. The van der Waals surface area contributed by atoms with Gasteiger partial charge >= 0.3 is 11.8 Å². The van der Waals surface area contributed by atoms with E-state index in [1.807, 2.05) is 32.0 Å². The van der Waals surface area contributed by atoms with E-state index in [-0.39, 0.29) is 5.15 Å². The molecule has 0 aliphatic heterocycles. The summed E-state index contributed by atoms with van der Waals surface area (Å²) in [4.78, 5) is 29.7. The number of benzene rings is 1. The van der Waals surface area contributed by atoms with Crippen LogP contribution in [-0.2, 0) is 9.59 Å². The number of likely N-dealkylation sites (N-methyl/N-ethyl adjacent to an activating group) is 1. The molecule has 0 aliphatic carbocycles. The molecule has 1 heterocycles. The van der Waals surface area contributed by atoms with Crippen LogP contribution in [0, 0.1) is 6.92 Å². The molecule has 0 radical (unpaired) electrons. The van der Waals surface area contributed by atoms with Crippen molar-refractivity contribution < 1.29 is 9.59 Å². The van der Waals surface area contributed by atoms with Gasteiger partial charge in [0.05, 0.1) is 5.69 Å². The molecule has 0 unspecified atom stereocenters. The molecule has 1 aromatic carbocycles. The maximum absolute atomic E-state index is 12.4. The fraction of sp³-hybridized carbons (Fsp3) is 0.188. The molecule has 6 heteroatoms. The quantitative estimate of drug-likeness (QED) is 0.699. The van der Waals surface area contributed by atoms with Crippen molar-refractivity contribution in [3.8, 4) is 0 Å². The lowest BCUT2D eigenvalue weighted by atomic mass is 10.2. The Morgan fingerprint density at radius 1 is 1.27 bits per heavy atom. The van der Waals surface area contributed by atoms with Crippen LogP contribution in [-0.4, -0.2) is 23.3 Å². The SMILES string of the molecule is CCN(C(=O)C(=O)Nc1cccnc1Cl)c1cccc(C)c1. The minimum absolute atomic E-state index is 0.141. The van der Waals surface area contributed by atoms with Crippen LogP contribution in [0.25, 0.3) is 0 Å². The molecule has 22 heavy (non-hydrogen) atoms. The minimum atomic E-state index is -0.752. The van der Waals surface area contributed by atoms with Crippen molar-refractivity contribution in [1.82, 2.24) is 4.98 Å². The molecule has 1 aromatic heterocycles. The zero-order chi connectivity index (χ0) is 16.1. The van der Waals surface area contributed by atoms with Gasteiger partial charge in [-0.2, -0.15) is 0 Å². The van der Waals surface area contributed by atoms with Gasteiger partial charge in [-0.3, -0.25) is 9.59 Å². The molecule has 0 aliphatic rings. The van der Waals surface area contributed by atoms with E-state index in [9.17, 15) is 9.59 Å². The maximum Gasteiger partial charge on any atom is 0.316 e. The van der Waals surface area contributed by atoms with Crippen LogP contribution in [0.1, 0.15) is 12.5 Å². The van der Waals surface area contributed by atoms with E-state index in [0.29, 0.717) is 17.9 Å². The van der Waals surface area contributed by atoms with Gasteiger partial charge in [0.25, 0.3) is 0 Å². The fourth-order valence-electron chi connectivity index (χ4n) is 2.02. The predicted molar refractivity (Wildman–Crippen MR) is 87.1 cm³/mol. The van der Waals surface area contributed by atoms with Gasteiger partial charge in [-0.15, -0.1) is 0 Å². The second-order valence-corrected chi connectivity index (χ2v) is 5.04. The molecular formula is C16H16ClN3O2. The molecule has 0 bridgehead atoms. The number of nitrogens with one attached hydrogen (secondary N) is 1. The number of carbonyl (C=O) groups excluding carboxylic acids is 2. The Balaban J connectivity index is 2.18. The molecule has 2 rings (SSSR count). The van der Waals surface area contributed by atoms with Crippen LogP contribution < -0.4 is 10.2 Å². The van der Waals surface area contributed by atoms with Gasteiger partial charge in [0.15, 0.2) is 5.15 Å². The molecule has 0 atom stereocenters. The topological polar surface area (TPSA) is 62.3 Å². The van der Waals surface area contributed by atoms with E-state index < -0.39 is 11.8 Å². The van der Waals surface area contributed by atoms with E-state index in [1.165, 1.54) is 11.1 Å². The first-order chi connectivity index (χ1) is 10.5. The monoisotopic (exact) mass is 317 g/mol. The van der Waals surface area contributed by atoms with Crippen molar-refractivity contribution >= 4 is 34.8 Å². The van der Waals surface area contributed by atoms with Crippen molar-refractivity contribution in [3.05, 3.63) is 53.3 Å². The fourth-order valence-corrected chi connectivity index (χ4v) is 2.18. The van der Waals surface area contributed by atoms with E-state index in [0.717, 1.165) is 5.56 Å². The summed E-state index contributed by atoms with van der Waals surface area (Å²) in [5.74, 6) is -1.40. The molecule has 2 aromatic rings. The van der Waals surface area contributed by atoms with Crippen molar-refractivity contribution in [2.24, 2.45) is 0 Å². The number of hydrogen-bond donors (Lipinski definition) is 1. The van der Waals surface area contributed by atoms with Crippen LogP contribution in [0.3, 0.4) is 0 Å². The van der Waals surface area contributed by atoms with Gasteiger partial charge in [0, 0.05) is 18.4 Å². The normalized spacial score (nSPS) is 10.1. The van der Waals surface area contributed by atoms with Gasteiger partial charge in [-0.05, 0) is 43.7 Å². The number of carbonyl (C=O) groups is 2. The Morgan fingerprint density at radius 3 is 2.68 bits per heavy atom. The first-order valence-electron chi connectivity index (χ1n) is 6.83. The Hall–Kier alpha value is -2.40. The molecule has 1 N–H and O–H groups in total. The molecule has 114 valence electrons. The van der Waals surface area contributed by atoms with Gasteiger partial charge in [-0.25, -0.2) is 4.98 Å². The number of pyridine rings is 1. The van der Waals surface area contributed by atoms with Crippen molar-refractivity contribution in [2.75, 3.05) is 16.8 Å². The highest BCUT2D eigenvalue weighted by atomic mass is 35.5. The third-order valence-corrected chi connectivity index (χ3v) is 3.38. The number of hydrogen-bond acceptors (Lipinski definition) is 3. The highest BCUT2D eigenvalue weighted by Crippen LogP contribution is 2.19. The minimum Gasteiger partial charge on any atom is -0.315 e. The van der Waals surface area contributed by atoms with E-state index in [4.69, 9.17) is 11.6 Å². The second kappa shape index (κ2) is 7.04. The molecule has 0 saturated carbocycles. The average molecular weight is 318 g/mol. The number of halogens is 1. The van der Waals surface area contributed by atoms with Crippen molar-refractivity contribution in [1.29, 1.82) is 0 Å². The standard InChI is InChI=1S/C16H16ClN3O2/c1-3-20(12-7-4-6-11(2)10-12)16(22)15(21)19-13-8-5-9-18-14(13)17/h4-10H,3H2,1-2H3,(H,19,21). The number of rotatable bonds is 3. The average Bonchev–Trinajstić information content (AvgIpc) is 2.50. The summed E-state index contributed by atoms with van der Waals surface area (Å²) in [5, 5.41) is 2.63. The third kappa shape index (κ3) is 3.62. The lowest BCUT2D eigenvalue weighted by Gasteiger charge is -2.20. The zero-order valence-corrected chi connectivity index (χ0v) is 13.1. The van der Waals surface area contributed by atoms with Gasteiger partial charge in [0.2, 0.25) is 0 Å². The predicted octanol–water partition coefficient (Wildman–Crippen LogP) is 3.04. The van der Waals surface area contributed by atoms with Crippen LogP contribution in [0.4, 0.5) is 11.4 Å². The van der Waals surface area contributed by atoms with E-state index in [2.05, 4.69) is 10.3 Å². The summed E-state index contributed by atoms with van der Waals surface area (Å²) in [6, 6.07) is 10.6. The Labute approximate surface area is 133 Å². The van der Waals surface area contributed by atoms with Crippen molar-refractivity contribution in [3.63, 3.8) is 0 Å². The number of nitrogens with zero attached hydrogens (tertiary/aromatic N) is 2. The smallest absolute Gasteiger partial charge is 0.315 e. The Morgan fingerprint density at radius 2 is 2.05 bits per heavy atom. The highest BCUT2D eigenvalue weighted by molar-refractivity contribution is 6.45. The summed E-state index contributed by atoms with van der Waals surface area (Å²) < 4.78 is 0. The molecule has 0 spiro atoms. The van der Waals surface area contributed by atoms with Crippen molar-refractivity contribution in [2.45, 2.75) is 13.8 Å². The Kier molecular flexibility index (Phi) is 5.12. The van der Waals surface area contributed by atoms with Crippen LogP contribution in [0.15, 0.2) is 42.6 Å². The molecule has 2 amide bonds. The largest absolute Gasteiger partial charge is 0.316 e. The molecule has 0 saturated heterocycles. The number of anilines is 2. The molecular weight excluding hydrogens is 302 g/mol. The van der Waals surface area contributed by atoms with Crippen LogP contribution >= 0.6 is 11.6 Å². The van der Waals surface area contributed by atoms with Gasteiger partial charge in [-0.1, -0.05) is 23.7 Å². The summed E-state index contributed by atoms with van der Waals surface area (Å²) in [6.45, 7) is 4.12. The van der Waals surface area contributed by atoms with Crippen LogP contribution in [0.5, 0.6) is 0 Å². The summed E-state index contributed by atoms with van der Waals surface area (Å²) >= 11 is 5.87. The number of aryl methyl sites for hydroxylation is 1. The first-order valence-corrected chi connectivity index (χ1v) is 7.20. The highest BCUT2D eigenvalue weighted by Gasteiger charge is 2.22. The van der Waals surface area contributed by atoms with Gasteiger partial charge < -0.3 is 10.2 Å². The summed E-state index contributed by atoms with van der Waals surface area (Å²) in [6.07, 6.45) is 1.50. The van der Waals surface area contributed by atoms with Gasteiger partial charge in [0.1, 0.15) is 0 Å². The van der Waals surface area contributed by atoms with Crippen LogP contribution in [0.2, 0.25) is 5.15 Å². The lowest BCUT2D eigenvalue weighted by molar-refractivity contribution is -0.134. The molecule has 5 nitrogen and oxygen atoms in total. The number of aromatic nitrogens is 1. The van der Waals surface area contributed by atoms with E-state index in [1.54, 1.807) is 18.2 Å². The lowest BCUT2D eigenvalue weighted by Crippen LogP contribution is -2.39. The summed E-state index contributed by atoms with van der Waals surface area (Å²) in [5.41, 5.74) is 2.00.